The number of nitrogens with zero attached hydrogens (tertiary/aromatic N) is 6. The predicted octanol–water partition coefficient (Wildman–Crippen LogP) is 4.60. The van der Waals surface area contributed by atoms with Crippen LogP contribution in [0.25, 0.3) is 0 Å². The van der Waals surface area contributed by atoms with Crippen LogP contribution in [0.4, 0.5) is 0 Å². The average molecular weight is 617 g/mol. The van der Waals surface area contributed by atoms with Gasteiger partial charge in [0.1, 0.15) is 0 Å². The van der Waals surface area contributed by atoms with Gasteiger partial charge in [-0.2, -0.15) is 0 Å². The van der Waals surface area contributed by atoms with E-state index in [1.165, 1.54) is 69.5 Å². The lowest BCUT2D eigenvalue weighted by atomic mass is 10.1. The number of amides is 1. The molecule has 4 atom stereocenters. The smallest absolute Gasteiger partial charge is 0.225 e. The zero-order valence-corrected chi connectivity index (χ0v) is 28.7. The van der Waals surface area contributed by atoms with E-state index in [1.54, 1.807) is 0 Å². The topological polar surface area (TPSA) is 36.5 Å². The minimum Gasteiger partial charge on any atom is -0.341 e. The molecule has 248 valence electrons. The Morgan fingerprint density at radius 1 is 0.644 bits per heavy atom. The number of carbonyl (C=O) groups is 1. The van der Waals surface area contributed by atoms with Crippen molar-refractivity contribution >= 4 is 5.91 Å². The van der Waals surface area contributed by atoms with Crippen molar-refractivity contribution in [1.29, 1.82) is 0 Å². The van der Waals surface area contributed by atoms with Crippen LogP contribution >= 0.6 is 0 Å². The van der Waals surface area contributed by atoms with Crippen LogP contribution in [0.2, 0.25) is 0 Å². The second-order valence-electron chi connectivity index (χ2n) is 14.5. The van der Waals surface area contributed by atoms with Crippen LogP contribution in [0.5, 0.6) is 0 Å². The first-order valence-electron chi connectivity index (χ1n) is 17.7. The third-order valence-electron chi connectivity index (χ3n) is 10.9. The van der Waals surface area contributed by atoms with Crippen LogP contribution in [0, 0.1) is 11.8 Å². The van der Waals surface area contributed by atoms with Gasteiger partial charge in [0.2, 0.25) is 5.91 Å². The number of likely N-dealkylation sites (N-methyl/N-ethyl adjacent to an activating group) is 2. The van der Waals surface area contributed by atoms with E-state index in [-0.39, 0.29) is 5.92 Å². The van der Waals surface area contributed by atoms with Crippen LogP contribution in [0.3, 0.4) is 0 Å². The number of hydrogen-bond acceptors (Lipinski definition) is 6. The fraction of sp³-hybridized carbons (Fsp3) is 0.658. The van der Waals surface area contributed by atoms with Crippen molar-refractivity contribution in [2.75, 3.05) is 87.1 Å². The average Bonchev–Trinajstić information content (AvgIpc) is 3.73. The molecule has 2 aliphatic carbocycles. The Bertz CT molecular complexity index is 1130. The summed E-state index contributed by atoms with van der Waals surface area (Å²) in [4.78, 5) is 27.3. The molecule has 2 saturated heterocycles. The summed E-state index contributed by atoms with van der Waals surface area (Å²) in [7, 11) is 8.65. The van der Waals surface area contributed by atoms with Crippen molar-refractivity contribution < 1.29 is 4.79 Å². The molecule has 2 saturated carbocycles. The third kappa shape index (κ3) is 10.4. The van der Waals surface area contributed by atoms with Gasteiger partial charge in [0.15, 0.2) is 0 Å². The molecule has 4 fully saturated rings. The van der Waals surface area contributed by atoms with E-state index in [0.29, 0.717) is 11.9 Å². The fourth-order valence-electron chi connectivity index (χ4n) is 8.08. The molecular formula is C38H60N6O. The molecule has 0 spiro atoms. The quantitative estimate of drug-likeness (QED) is 0.410. The lowest BCUT2D eigenvalue weighted by Gasteiger charge is -2.36. The van der Waals surface area contributed by atoms with E-state index in [9.17, 15) is 4.79 Å². The third-order valence-corrected chi connectivity index (χ3v) is 10.9. The zero-order valence-electron chi connectivity index (χ0n) is 28.7. The van der Waals surface area contributed by atoms with Gasteiger partial charge in [-0.25, -0.2) is 0 Å². The van der Waals surface area contributed by atoms with Crippen molar-refractivity contribution in [3.8, 4) is 0 Å². The Morgan fingerprint density at radius 2 is 1.13 bits per heavy atom. The molecule has 0 radical (unpaired) electrons. The maximum Gasteiger partial charge on any atom is 0.225 e. The minimum absolute atomic E-state index is 0.216. The molecule has 0 N–H and O–H groups in total. The van der Waals surface area contributed by atoms with Crippen LogP contribution < -0.4 is 0 Å². The van der Waals surface area contributed by atoms with E-state index in [4.69, 9.17) is 0 Å². The van der Waals surface area contributed by atoms with Gasteiger partial charge in [0.25, 0.3) is 0 Å². The molecule has 0 bridgehead atoms. The normalized spacial score (nSPS) is 27.0. The highest BCUT2D eigenvalue weighted by atomic mass is 16.2. The van der Waals surface area contributed by atoms with E-state index in [2.05, 4.69) is 88.1 Å². The first kappa shape index (κ1) is 34.1. The maximum absolute atomic E-state index is 12.7. The van der Waals surface area contributed by atoms with E-state index in [1.807, 2.05) is 30.1 Å². The molecule has 6 rings (SSSR count). The van der Waals surface area contributed by atoms with Crippen LogP contribution in [0.15, 0.2) is 60.7 Å². The molecular weight excluding hydrogens is 556 g/mol. The number of piperazine rings is 2. The lowest BCUT2D eigenvalue weighted by Crippen LogP contribution is -2.48. The second-order valence-corrected chi connectivity index (χ2v) is 14.5. The number of hydrogen-bond donors (Lipinski definition) is 0. The maximum atomic E-state index is 12.7. The first-order chi connectivity index (χ1) is 21.8. The Hall–Kier alpha value is -2.29. The molecule has 4 aliphatic rings. The van der Waals surface area contributed by atoms with Gasteiger partial charge in [0.05, 0.1) is 0 Å². The summed E-state index contributed by atoms with van der Waals surface area (Å²) in [6.45, 7) is 12.7. The highest BCUT2D eigenvalue weighted by Crippen LogP contribution is 2.32. The van der Waals surface area contributed by atoms with E-state index in [0.717, 1.165) is 64.1 Å². The Kier molecular flexibility index (Phi) is 12.9. The van der Waals surface area contributed by atoms with Gasteiger partial charge >= 0.3 is 0 Å². The summed E-state index contributed by atoms with van der Waals surface area (Å²) < 4.78 is 0. The Balaban J connectivity index is 0.000000178. The second kappa shape index (κ2) is 17.0. The van der Waals surface area contributed by atoms with E-state index < -0.39 is 0 Å². The molecule has 1 amide bonds. The SMILES string of the molecule is CN1CCN(C2CCC(C(=O)N(C)Cc3ccccc3)C2)CC1.CN1CCN(C2CCC(CN(C)Cc3ccccc3)C2)CC1. The Labute approximate surface area is 274 Å². The van der Waals surface area contributed by atoms with Crippen molar-refractivity contribution in [2.45, 2.75) is 63.7 Å². The van der Waals surface area contributed by atoms with Crippen LogP contribution in [-0.4, -0.2) is 134 Å². The number of rotatable bonds is 9. The summed E-state index contributed by atoms with van der Waals surface area (Å²) in [5.74, 6) is 1.43. The molecule has 45 heavy (non-hydrogen) atoms. The molecule has 4 unspecified atom stereocenters. The van der Waals surface area contributed by atoms with Crippen LogP contribution in [0.1, 0.15) is 49.7 Å². The number of carbonyl (C=O) groups excluding carboxylic acids is 1. The van der Waals surface area contributed by atoms with Crippen molar-refractivity contribution in [1.82, 2.24) is 29.4 Å². The predicted molar refractivity (Wildman–Crippen MR) is 186 cm³/mol. The van der Waals surface area contributed by atoms with Crippen LogP contribution in [-0.2, 0) is 17.9 Å². The Morgan fingerprint density at radius 3 is 1.69 bits per heavy atom. The molecule has 2 aromatic carbocycles. The molecule has 0 aromatic heterocycles. The summed E-state index contributed by atoms with van der Waals surface area (Å²) in [6, 6.07) is 22.6. The van der Waals surface area contributed by atoms with Gasteiger partial charge in [-0.05, 0) is 76.7 Å². The molecule has 2 aliphatic heterocycles. The minimum atomic E-state index is 0.216. The summed E-state index contributed by atoms with van der Waals surface area (Å²) in [6.07, 6.45) is 7.50. The van der Waals surface area contributed by atoms with Crippen molar-refractivity contribution in [3.63, 3.8) is 0 Å². The highest BCUT2D eigenvalue weighted by molar-refractivity contribution is 5.79. The van der Waals surface area contributed by atoms with E-state index >= 15 is 0 Å². The molecule has 7 nitrogen and oxygen atoms in total. The van der Waals surface area contributed by atoms with Gasteiger partial charge in [-0.3, -0.25) is 14.6 Å². The lowest BCUT2D eigenvalue weighted by molar-refractivity contribution is -0.134. The van der Waals surface area contributed by atoms with Gasteiger partial charge in [0, 0.05) is 97.0 Å². The summed E-state index contributed by atoms with van der Waals surface area (Å²) in [5.41, 5.74) is 2.63. The van der Waals surface area contributed by atoms with Crippen molar-refractivity contribution in [2.24, 2.45) is 11.8 Å². The number of benzene rings is 2. The first-order valence-corrected chi connectivity index (χ1v) is 17.7. The zero-order chi connectivity index (χ0) is 31.6. The van der Waals surface area contributed by atoms with Crippen molar-refractivity contribution in [3.05, 3.63) is 71.8 Å². The van der Waals surface area contributed by atoms with Gasteiger partial charge in [-0.1, -0.05) is 60.7 Å². The summed E-state index contributed by atoms with van der Waals surface area (Å²) in [5, 5.41) is 0. The molecule has 2 heterocycles. The van der Waals surface area contributed by atoms with Gasteiger partial charge in [-0.15, -0.1) is 0 Å². The summed E-state index contributed by atoms with van der Waals surface area (Å²) >= 11 is 0. The highest BCUT2D eigenvalue weighted by Gasteiger charge is 2.35. The monoisotopic (exact) mass is 616 g/mol. The fourth-order valence-corrected chi connectivity index (χ4v) is 8.08. The largest absolute Gasteiger partial charge is 0.341 e. The molecule has 7 heteroatoms. The standard InChI is InChI=1S/C19H29N3O.C19H31N3/c1-20-10-12-22(13-11-20)18-9-8-17(14-18)19(23)21(2)15-16-6-4-3-5-7-16;1-20-10-12-22(13-11-20)19-9-8-18(14-19)16-21(2)15-17-6-4-3-5-7-17/h3-7,17-18H,8-15H2,1-2H3;3-7,18-19H,8-16H2,1-2H3. The van der Waals surface area contributed by atoms with Gasteiger partial charge < -0.3 is 19.6 Å². The molecule has 2 aromatic rings.